The van der Waals surface area contributed by atoms with Gasteiger partial charge in [0.25, 0.3) is 0 Å². The zero-order valence-corrected chi connectivity index (χ0v) is 19.0. The highest BCUT2D eigenvalue weighted by atomic mass is 35.5. The Bertz CT molecular complexity index is 1020. The molecule has 2 aliphatic heterocycles. The molecule has 1 amide bonds. The molecule has 0 bridgehead atoms. The minimum Gasteiger partial charge on any atom is -0.459 e. The van der Waals surface area contributed by atoms with Gasteiger partial charge in [0, 0.05) is 44.1 Å². The van der Waals surface area contributed by atoms with Crippen LogP contribution in [0.2, 0.25) is 5.02 Å². The van der Waals surface area contributed by atoms with E-state index < -0.39 is 0 Å². The molecule has 7 heteroatoms. The number of halogens is 1. The van der Waals surface area contributed by atoms with Crippen molar-refractivity contribution in [3.63, 3.8) is 0 Å². The van der Waals surface area contributed by atoms with Gasteiger partial charge in [0.05, 0.1) is 28.6 Å². The fourth-order valence-corrected chi connectivity index (χ4v) is 5.85. The van der Waals surface area contributed by atoms with Crippen LogP contribution in [0.1, 0.15) is 56.8 Å². The third-order valence-electron chi connectivity index (χ3n) is 7.07. The van der Waals surface area contributed by atoms with E-state index in [9.17, 15) is 4.79 Å². The van der Waals surface area contributed by atoms with Gasteiger partial charge in [0.2, 0.25) is 5.91 Å². The number of nitrogens with one attached hydrogen (secondary N) is 2. The van der Waals surface area contributed by atoms with Gasteiger partial charge in [0.1, 0.15) is 11.3 Å². The predicted molar refractivity (Wildman–Crippen MR) is 124 cm³/mol. The second-order valence-electron chi connectivity index (χ2n) is 9.25. The summed E-state index contributed by atoms with van der Waals surface area (Å²) >= 11 is 6.74. The fraction of sp³-hybridized carbons (Fsp3) is 0.542. The van der Waals surface area contributed by atoms with Crippen molar-refractivity contribution in [2.45, 2.75) is 57.5 Å². The van der Waals surface area contributed by atoms with Gasteiger partial charge in [-0.25, -0.2) is 0 Å². The third kappa shape index (κ3) is 3.80. The van der Waals surface area contributed by atoms with Crippen molar-refractivity contribution in [1.29, 1.82) is 0 Å². The van der Waals surface area contributed by atoms with Crippen molar-refractivity contribution in [3.05, 3.63) is 40.9 Å². The van der Waals surface area contributed by atoms with Gasteiger partial charge >= 0.3 is 0 Å². The van der Waals surface area contributed by atoms with Crippen LogP contribution in [-0.2, 0) is 16.9 Å². The predicted octanol–water partition coefficient (Wildman–Crippen LogP) is 4.79. The lowest BCUT2D eigenvalue weighted by molar-refractivity contribution is -0.128. The number of fused-ring (bicyclic) bond motifs is 4. The second kappa shape index (κ2) is 8.06. The van der Waals surface area contributed by atoms with Crippen LogP contribution in [0.4, 0.5) is 5.69 Å². The summed E-state index contributed by atoms with van der Waals surface area (Å²) in [6.45, 7) is 9.98. The van der Waals surface area contributed by atoms with Crippen molar-refractivity contribution < 1.29 is 9.21 Å². The minimum absolute atomic E-state index is 0.159. The van der Waals surface area contributed by atoms with Gasteiger partial charge in [0.15, 0.2) is 0 Å². The summed E-state index contributed by atoms with van der Waals surface area (Å²) < 4.78 is 6.51. The van der Waals surface area contributed by atoms with Gasteiger partial charge < -0.3 is 20.0 Å². The molecule has 1 saturated heterocycles. The molecule has 1 saturated carbocycles. The van der Waals surface area contributed by atoms with Crippen LogP contribution >= 0.6 is 11.6 Å². The highest BCUT2D eigenvalue weighted by Crippen LogP contribution is 2.49. The molecule has 1 spiro atoms. The van der Waals surface area contributed by atoms with Crippen molar-refractivity contribution in [2.75, 3.05) is 31.5 Å². The zero-order chi connectivity index (χ0) is 21.6. The maximum Gasteiger partial charge on any atom is 0.219 e. The highest BCUT2D eigenvalue weighted by molar-refractivity contribution is 6.34. The normalized spacial score (nSPS) is 21.5. The zero-order valence-electron chi connectivity index (χ0n) is 18.2. The topological polar surface area (TPSA) is 60.8 Å². The van der Waals surface area contributed by atoms with E-state index in [0.29, 0.717) is 5.02 Å². The van der Waals surface area contributed by atoms with Gasteiger partial charge in [-0.1, -0.05) is 37.4 Å². The van der Waals surface area contributed by atoms with E-state index in [1.165, 1.54) is 19.3 Å². The van der Waals surface area contributed by atoms with Crippen LogP contribution < -0.4 is 10.6 Å². The fourth-order valence-electron chi connectivity index (χ4n) is 5.59. The number of benzene rings is 1. The Morgan fingerprint density at radius 3 is 2.74 bits per heavy atom. The monoisotopic (exact) mass is 442 g/mol. The summed E-state index contributed by atoms with van der Waals surface area (Å²) in [5.74, 6) is 1.92. The van der Waals surface area contributed by atoms with Crippen molar-refractivity contribution in [3.8, 4) is 0 Å². The summed E-state index contributed by atoms with van der Waals surface area (Å²) in [5, 5.41) is 8.78. The van der Waals surface area contributed by atoms with E-state index in [1.807, 2.05) is 11.0 Å². The van der Waals surface area contributed by atoms with Crippen LogP contribution in [0.15, 0.2) is 28.9 Å². The van der Waals surface area contributed by atoms with Crippen LogP contribution in [0, 0.1) is 0 Å². The van der Waals surface area contributed by atoms with Crippen LogP contribution in [-0.4, -0.2) is 41.9 Å². The molecule has 1 aromatic carbocycles. The largest absolute Gasteiger partial charge is 0.459 e. The Morgan fingerprint density at radius 1 is 1.16 bits per heavy atom. The Hall–Kier alpha value is -2.18. The molecule has 2 N–H and O–H groups in total. The van der Waals surface area contributed by atoms with Crippen LogP contribution in [0.5, 0.6) is 0 Å². The van der Waals surface area contributed by atoms with Crippen molar-refractivity contribution in [1.82, 2.24) is 15.1 Å². The van der Waals surface area contributed by atoms with Gasteiger partial charge in [-0.2, -0.15) is 0 Å². The minimum atomic E-state index is -0.168. The summed E-state index contributed by atoms with van der Waals surface area (Å²) in [7, 11) is 0. The van der Waals surface area contributed by atoms with Crippen LogP contribution in [0.25, 0.3) is 11.0 Å². The summed E-state index contributed by atoms with van der Waals surface area (Å²) in [6, 6.07) is 4.14. The first-order valence-electron chi connectivity index (χ1n) is 11.4. The number of amides is 1. The summed E-state index contributed by atoms with van der Waals surface area (Å²) in [4.78, 5) is 16.0. The molecule has 166 valence electrons. The van der Waals surface area contributed by atoms with Gasteiger partial charge in [-0.05, 0) is 31.4 Å². The molecule has 1 aromatic heterocycles. The Balaban J connectivity index is 1.49. The molecule has 0 unspecified atom stereocenters. The average Bonchev–Trinajstić information content (AvgIpc) is 2.96. The Labute approximate surface area is 188 Å². The lowest BCUT2D eigenvalue weighted by Gasteiger charge is -2.44. The van der Waals surface area contributed by atoms with E-state index in [4.69, 9.17) is 16.0 Å². The summed E-state index contributed by atoms with van der Waals surface area (Å²) in [6.07, 6.45) is 6.72. The maximum absolute atomic E-state index is 11.7. The first-order valence-corrected chi connectivity index (χ1v) is 11.8. The maximum atomic E-state index is 11.7. The van der Waals surface area contributed by atoms with E-state index in [0.717, 1.165) is 85.8 Å². The molecular formula is C24H31ClN4O2. The Kier molecular flexibility index (Phi) is 5.39. The van der Waals surface area contributed by atoms with Crippen LogP contribution in [0.3, 0.4) is 0 Å². The lowest BCUT2D eigenvalue weighted by atomic mass is 9.74. The quantitative estimate of drug-likeness (QED) is 0.700. The molecule has 0 radical (unpaired) electrons. The Morgan fingerprint density at radius 2 is 1.97 bits per heavy atom. The lowest BCUT2D eigenvalue weighted by Crippen LogP contribution is -2.48. The standard InChI is InChI=1S/C24H31ClN4O2/c1-16-26-22-20(25)14-18-13-19(15-28-9-6-10-29(12-11-28)17(2)30)31-23(18)21(22)24(27-16)7-4-3-5-8-24/h13-14,26-27H,1,3-12,15H2,2H3. The van der Waals surface area contributed by atoms with E-state index in [1.54, 1.807) is 6.92 Å². The molecule has 5 rings (SSSR count). The average molecular weight is 443 g/mol. The highest BCUT2D eigenvalue weighted by Gasteiger charge is 2.42. The molecule has 0 atom stereocenters. The number of carbonyl (C=O) groups excluding carboxylic acids is 1. The number of hydrogen-bond donors (Lipinski definition) is 2. The number of carbonyl (C=O) groups is 1. The SMILES string of the molecule is C=C1Nc2c(Cl)cc3cc(CN4CCCN(C(C)=O)CC4)oc3c2C2(CCCCC2)N1. The molecule has 6 nitrogen and oxygen atoms in total. The first kappa shape index (κ1) is 20.7. The van der Waals surface area contributed by atoms with Crippen molar-refractivity contribution >= 4 is 34.2 Å². The molecule has 3 heterocycles. The molecule has 3 aliphatic rings. The number of rotatable bonds is 2. The third-order valence-corrected chi connectivity index (χ3v) is 7.37. The van der Waals surface area contributed by atoms with Crippen molar-refractivity contribution in [2.24, 2.45) is 0 Å². The molecule has 2 fully saturated rings. The molecule has 1 aliphatic carbocycles. The van der Waals surface area contributed by atoms with Gasteiger partial charge in [-0.15, -0.1) is 0 Å². The number of furan rings is 1. The number of hydrogen-bond acceptors (Lipinski definition) is 5. The molecule has 2 aromatic rings. The van der Waals surface area contributed by atoms with Gasteiger partial charge in [-0.3, -0.25) is 9.69 Å². The second-order valence-corrected chi connectivity index (χ2v) is 9.65. The molecular weight excluding hydrogens is 412 g/mol. The summed E-state index contributed by atoms with van der Waals surface area (Å²) in [5.41, 5.74) is 2.86. The number of anilines is 1. The van der Waals surface area contributed by atoms with E-state index >= 15 is 0 Å². The smallest absolute Gasteiger partial charge is 0.219 e. The molecule has 31 heavy (non-hydrogen) atoms. The number of nitrogens with zero attached hydrogens (tertiary/aromatic N) is 2. The first-order chi connectivity index (χ1) is 14.9. The van der Waals surface area contributed by atoms with E-state index in [-0.39, 0.29) is 11.4 Å². The van der Waals surface area contributed by atoms with E-state index in [2.05, 4.69) is 28.2 Å².